The summed E-state index contributed by atoms with van der Waals surface area (Å²) in [5.74, 6) is 0.0828. The smallest absolute Gasteiger partial charge is 0.356 e. The van der Waals surface area contributed by atoms with Gasteiger partial charge in [-0.25, -0.2) is 9.97 Å². The van der Waals surface area contributed by atoms with Crippen LogP contribution in [0.1, 0.15) is 18.5 Å². The van der Waals surface area contributed by atoms with Crippen molar-refractivity contribution in [3.8, 4) is 0 Å². The predicted octanol–water partition coefficient (Wildman–Crippen LogP) is 1.21. The second kappa shape index (κ2) is 5.41. The summed E-state index contributed by atoms with van der Waals surface area (Å²) in [4.78, 5) is 19.4. The number of hydrogen-bond acceptors (Lipinski definition) is 4. The van der Waals surface area contributed by atoms with Crippen molar-refractivity contribution in [2.75, 3.05) is 18.0 Å². The first-order valence-electron chi connectivity index (χ1n) is 5.85. The lowest BCUT2D eigenvalue weighted by atomic mass is 10.1. The summed E-state index contributed by atoms with van der Waals surface area (Å²) in [6, 6.07) is 0.920. The lowest BCUT2D eigenvalue weighted by Crippen LogP contribution is -2.42. The van der Waals surface area contributed by atoms with Crippen LogP contribution in [-0.4, -0.2) is 35.5 Å². The van der Waals surface area contributed by atoms with E-state index in [4.69, 9.17) is 0 Å². The van der Waals surface area contributed by atoms with E-state index in [0.29, 0.717) is 32.3 Å². The molecular formula is C11H13F3N4O. The zero-order valence-electron chi connectivity index (χ0n) is 10.0. The number of nitrogens with one attached hydrogen (secondary N) is 1. The SMILES string of the molecule is O=CNC1CCN(c2nccc(C(F)(F)F)n2)CC1. The molecule has 0 aliphatic carbocycles. The third-order valence-corrected chi connectivity index (χ3v) is 3.01. The Hall–Kier alpha value is -1.86. The molecule has 0 atom stereocenters. The highest BCUT2D eigenvalue weighted by Gasteiger charge is 2.33. The van der Waals surface area contributed by atoms with Crippen molar-refractivity contribution in [3.63, 3.8) is 0 Å². The molecule has 104 valence electrons. The Bertz CT molecular complexity index is 444. The van der Waals surface area contributed by atoms with Crippen LogP contribution in [0.3, 0.4) is 0 Å². The van der Waals surface area contributed by atoms with Crippen molar-refractivity contribution < 1.29 is 18.0 Å². The third kappa shape index (κ3) is 3.33. The Labute approximate surface area is 107 Å². The van der Waals surface area contributed by atoms with E-state index in [2.05, 4.69) is 15.3 Å². The summed E-state index contributed by atoms with van der Waals surface area (Å²) < 4.78 is 37.6. The highest BCUT2D eigenvalue weighted by Crippen LogP contribution is 2.28. The van der Waals surface area contributed by atoms with Gasteiger partial charge < -0.3 is 10.2 Å². The molecule has 0 radical (unpaired) electrons. The van der Waals surface area contributed by atoms with E-state index >= 15 is 0 Å². The summed E-state index contributed by atoms with van der Waals surface area (Å²) in [7, 11) is 0. The number of alkyl halides is 3. The summed E-state index contributed by atoms with van der Waals surface area (Å²) >= 11 is 0. The maximum absolute atomic E-state index is 12.5. The number of anilines is 1. The minimum Gasteiger partial charge on any atom is -0.356 e. The lowest BCUT2D eigenvalue weighted by molar-refractivity contribution is -0.141. The number of halogens is 3. The van der Waals surface area contributed by atoms with Crippen molar-refractivity contribution in [1.29, 1.82) is 0 Å². The molecule has 0 aromatic carbocycles. The third-order valence-electron chi connectivity index (χ3n) is 3.01. The quantitative estimate of drug-likeness (QED) is 0.842. The molecule has 1 aromatic rings. The molecule has 1 amide bonds. The largest absolute Gasteiger partial charge is 0.433 e. The first-order chi connectivity index (χ1) is 9.00. The molecule has 1 saturated heterocycles. The second-order valence-electron chi connectivity index (χ2n) is 4.29. The fourth-order valence-electron chi connectivity index (χ4n) is 2.00. The Morgan fingerprint density at radius 3 is 2.63 bits per heavy atom. The van der Waals surface area contributed by atoms with Crippen molar-refractivity contribution in [2.45, 2.75) is 25.1 Å². The zero-order chi connectivity index (χ0) is 13.9. The number of hydrogen-bond donors (Lipinski definition) is 1. The summed E-state index contributed by atoms with van der Waals surface area (Å²) in [6.07, 6.45) is -1.38. The molecule has 8 heteroatoms. The Kier molecular flexibility index (Phi) is 3.87. The van der Waals surface area contributed by atoms with Gasteiger partial charge in [-0.3, -0.25) is 4.79 Å². The minimum absolute atomic E-state index is 0.0690. The van der Waals surface area contributed by atoms with E-state index in [1.165, 1.54) is 0 Å². The monoisotopic (exact) mass is 274 g/mol. The van der Waals surface area contributed by atoms with Gasteiger partial charge in [-0.05, 0) is 18.9 Å². The van der Waals surface area contributed by atoms with Gasteiger partial charge in [0.15, 0.2) is 0 Å². The molecule has 19 heavy (non-hydrogen) atoms. The van der Waals surface area contributed by atoms with Crippen molar-refractivity contribution >= 4 is 12.4 Å². The molecule has 0 bridgehead atoms. The van der Waals surface area contributed by atoms with Gasteiger partial charge in [0.2, 0.25) is 12.4 Å². The van der Waals surface area contributed by atoms with E-state index in [-0.39, 0.29) is 12.0 Å². The van der Waals surface area contributed by atoms with E-state index in [1.807, 2.05) is 0 Å². The topological polar surface area (TPSA) is 58.1 Å². The Morgan fingerprint density at radius 1 is 1.37 bits per heavy atom. The highest BCUT2D eigenvalue weighted by molar-refractivity contribution is 5.47. The van der Waals surface area contributed by atoms with E-state index in [0.717, 1.165) is 12.3 Å². The van der Waals surface area contributed by atoms with Gasteiger partial charge >= 0.3 is 6.18 Å². The van der Waals surface area contributed by atoms with Crippen molar-refractivity contribution in [1.82, 2.24) is 15.3 Å². The molecule has 2 heterocycles. The van der Waals surface area contributed by atoms with Crippen LogP contribution in [0, 0.1) is 0 Å². The number of rotatable bonds is 3. The van der Waals surface area contributed by atoms with Gasteiger partial charge in [0.1, 0.15) is 5.69 Å². The summed E-state index contributed by atoms with van der Waals surface area (Å²) in [6.45, 7) is 1.04. The Balaban J connectivity index is 2.05. The van der Waals surface area contributed by atoms with Crippen molar-refractivity contribution in [2.24, 2.45) is 0 Å². The molecule has 0 spiro atoms. The normalized spacial score (nSPS) is 17.3. The van der Waals surface area contributed by atoms with Crippen LogP contribution in [0.15, 0.2) is 12.3 Å². The van der Waals surface area contributed by atoms with Crippen LogP contribution < -0.4 is 10.2 Å². The van der Waals surface area contributed by atoms with E-state index in [9.17, 15) is 18.0 Å². The van der Waals surface area contributed by atoms with Crippen LogP contribution in [0.2, 0.25) is 0 Å². The van der Waals surface area contributed by atoms with Gasteiger partial charge in [-0.15, -0.1) is 0 Å². The average molecular weight is 274 g/mol. The van der Waals surface area contributed by atoms with Crippen LogP contribution in [0.4, 0.5) is 19.1 Å². The van der Waals surface area contributed by atoms with Gasteiger partial charge in [0.05, 0.1) is 0 Å². The van der Waals surface area contributed by atoms with E-state index in [1.54, 1.807) is 4.90 Å². The zero-order valence-corrected chi connectivity index (χ0v) is 10.0. The van der Waals surface area contributed by atoms with Gasteiger partial charge in [-0.2, -0.15) is 13.2 Å². The number of amides is 1. The number of carbonyl (C=O) groups excluding carboxylic acids is 1. The maximum atomic E-state index is 12.5. The van der Waals surface area contributed by atoms with E-state index < -0.39 is 11.9 Å². The number of piperidine rings is 1. The van der Waals surface area contributed by atoms with Crippen LogP contribution in [0.25, 0.3) is 0 Å². The molecular weight excluding hydrogens is 261 g/mol. The Morgan fingerprint density at radius 2 is 2.05 bits per heavy atom. The maximum Gasteiger partial charge on any atom is 0.433 e. The molecule has 1 aromatic heterocycles. The molecule has 1 fully saturated rings. The van der Waals surface area contributed by atoms with Gasteiger partial charge in [0.25, 0.3) is 0 Å². The fourth-order valence-corrected chi connectivity index (χ4v) is 2.00. The first kappa shape index (κ1) is 13.6. The molecule has 0 unspecified atom stereocenters. The first-order valence-corrected chi connectivity index (χ1v) is 5.85. The standard InChI is InChI=1S/C11H13F3N4O/c12-11(13,14)9-1-4-15-10(17-9)18-5-2-8(3-6-18)16-7-19/h1,4,7-8H,2-3,5-6H2,(H,16,19). The fraction of sp³-hybridized carbons (Fsp3) is 0.545. The lowest BCUT2D eigenvalue weighted by Gasteiger charge is -2.31. The molecule has 1 aliphatic rings. The van der Waals surface area contributed by atoms with Crippen LogP contribution in [-0.2, 0) is 11.0 Å². The highest BCUT2D eigenvalue weighted by atomic mass is 19.4. The number of aromatic nitrogens is 2. The number of nitrogens with zero attached hydrogens (tertiary/aromatic N) is 3. The molecule has 1 aliphatic heterocycles. The summed E-state index contributed by atoms with van der Waals surface area (Å²) in [5.41, 5.74) is -0.939. The van der Waals surface area contributed by atoms with Crippen LogP contribution >= 0.6 is 0 Å². The minimum atomic E-state index is -4.46. The molecule has 5 nitrogen and oxygen atoms in total. The molecule has 0 saturated carbocycles. The molecule has 2 rings (SSSR count). The predicted molar refractivity (Wildman–Crippen MR) is 61.5 cm³/mol. The van der Waals surface area contributed by atoms with Gasteiger partial charge in [-0.1, -0.05) is 0 Å². The average Bonchev–Trinajstić information content (AvgIpc) is 2.39. The van der Waals surface area contributed by atoms with Crippen LogP contribution in [0.5, 0.6) is 0 Å². The number of carbonyl (C=O) groups is 1. The van der Waals surface area contributed by atoms with Crippen molar-refractivity contribution in [3.05, 3.63) is 18.0 Å². The second-order valence-corrected chi connectivity index (χ2v) is 4.29. The van der Waals surface area contributed by atoms with Gasteiger partial charge in [0, 0.05) is 25.3 Å². The molecule has 1 N–H and O–H groups in total. The summed E-state index contributed by atoms with van der Waals surface area (Å²) in [5, 5.41) is 2.66.